The maximum Gasteiger partial charge on any atom is 0.226 e. The molecule has 0 spiro atoms. The molecule has 0 aliphatic rings. The Bertz CT molecular complexity index is 905. The zero-order valence-electron chi connectivity index (χ0n) is 12.3. The van der Waals surface area contributed by atoms with Crippen molar-refractivity contribution < 1.29 is 4.42 Å². The van der Waals surface area contributed by atoms with Gasteiger partial charge in [0.15, 0.2) is 0 Å². The molecule has 2 heteroatoms. The summed E-state index contributed by atoms with van der Waals surface area (Å²) in [5, 5.41) is 1.03. The maximum atomic E-state index is 5.91. The van der Waals surface area contributed by atoms with Crippen LogP contribution in [0.2, 0.25) is 0 Å². The summed E-state index contributed by atoms with van der Waals surface area (Å²) >= 11 is 0. The highest BCUT2D eigenvalue weighted by molar-refractivity contribution is 5.83. The van der Waals surface area contributed by atoms with Gasteiger partial charge in [-0.2, -0.15) is 0 Å². The molecule has 0 amide bonds. The first kappa shape index (κ1) is 12.8. The zero-order valence-corrected chi connectivity index (χ0v) is 12.3. The summed E-state index contributed by atoms with van der Waals surface area (Å²) in [7, 11) is 0. The molecular formula is C20H15NO. The molecule has 106 valence electrons. The van der Waals surface area contributed by atoms with Crippen molar-refractivity contribution in [3.8, 4) is 22.5 Å². The number of furan rings is 1. The first-order chi connectivity index (χ1) is 10.8. The second kappa shape index (κ2) is 5.15. The fourth-order valence-electron chi connectivity index (χ4n) is 2.84. The van der Waals surface area contributed by atoms with Gasteiger partial charge in [-0.25, -0.2) is 4.98 Å². The van der Waals surface area contributed by atoms with Crippen LogP contribution in [0.25, 0.3) is 33.6 Å². The van der Waals surface area contributed by atoms with Crippen molar-refractivity contribution in [2.24, 2.45) is 0 Å². The summed E-state index contributed by atoms with van der Waals surface area (Å²) in [5.41, 5.74) is 5.46. The third-order valence-electron chi connectivity index (χ3n) is 3.98. The molecule has 0 aliphatic heterocycles. The molecule has 0 unspecified atom stereocenters. The molecule has 0 saturated carbocycles. The largest absolute Gasteiger partial charge is 0.438 e. The Morgan fingerprint density at radius 1 is 0.818 bits per heavy atom. The summed E-state index contributed by atoms with van der Waals surface area (Å²) in [6.07, 6.45) is 1.75. The van der Waals surface area contributed by atoms with E-state index >= 15 is 0 Å². The number of nitrogens with zero attached hydrogens (tertiary/aromatic N) is 1. The molecule has 0 bridgehead atoms. The Kier molecular flexibility index (Phi) is 3.01. The smallest absolute Gasteiger partial charge is 0.226 e. The average molecular weight is 285 g/mol. The van der Waals surface area contributed by atoms with E-state index in [0.717, 1.165) is 16.7 Å². The highest BCUT2D eigenvalue weighted by Crippen LogP contribution is 2.34. The number of fused-ring (bicyclic) bond motifs is 1. The molecule has 2 heterocycles. The molecule has 0 aliphatic carbocycles. The number of pyridine rings is 1. The van der Waals surface area contributed by atoms with Crippen molar-refractivity contribution in [1.29, 1.82) is 0 Å². The molecule has 0 atom stereocenters. The first-order valence-corrected chi connectivity index (χ1v) is 7.33. The Balaban J connectivity index is 1.89. The van der Waals surface area contributed by atoms with Gasteiger partial charge < -0.3 is 4.42 Å². The Hall–Kier alpha value is -2.87. The molecule has 2 aromatic carbocycles. The van der Waals surface area contributed by atoms with Crippen LogP contribution in [0, 0.1) is 6.92 Å². The molecule has 2 aromatic heterocycles. The minimum atomic E-state index is 0.682. The van der Waals surface area contributed by atoms with E-state index in [0.29, 0.717) is 5.71 Å². The van der Waals surface area contributed by atoms with Crippen LogP contribution < -0.4 is 0 Å². The van der Waals surface area contributed by atoms with E-state index < -0.39 is 0 Å². The van der Waals surface area contributed by atoms with Gasteiger partial charge >= 0.3 is 0 Å². The number of benzene rings is 2. The topological polar surface area (TPSA) is 26.0 Å². The van der Waals surface area contributed by atoms with Crippen LogP contribution >= 0.6 is 0 Å². The Morgan fingerprint density at radius 3 is 2.45 bits per heavy atom. The predicted octanol–water partition coefficient (Wildman–Crippen LogP) is 5.47. The SMILES string of the molecule is Cc1c(-c2ccccc2)cccc1-c1cc2cccnc2o1. The van der Waals surface area contributed by atoms with Gasteiger partial charge in [0.2, 0.25) is 5.71 Å². The zero-order chi connectivity index (χ0) is 14.9. The van der Waals surface area contributed by atoms with E-state index in [-0.39, 0.29) is 0 Å². The Labute approximate surface area is 129 Å². The molecule has 0 fully saturated rings. The number of aromatic nitrogens is 1. The number of rotatable bonds is 2. The van der Waals surface area contributed by atoms with Crippen LogP contribution in [0.4, 0.5) is 0 Å². The molecular weight excluding hydrogens is 270 g/mol. The lowest BCUT2D eigenvalue weighted by Gasteiger charge is -2.09. The Morgan fingerprint density at radius 2 is 1.64 bits per heavy atom. The van der Waals surface area contributed by atoms with Crippen LogP contribution in [-0.4, -0.2) is 4.98 Å². The molecule has 2 nitrogen and oxygen atoms in total. The van der Waals surface area contributed by atoms with Crippen molar-refractivity contribution in [3.05, 3.63) is 78.5 Å². The standard InChI is InChI=1S/C20H15NO/c1-14-17(15-7-3-2-4-8-15)10-5-11-18(14)19-13-16-9-6-12-21-20(16)22-19/h2-13H,1H3. The molecule has 0 saturated heterocycles. The van der Waals surface area contributed by atoms with Crippen LogP contribution in [0.15, 0.2) is 77.3 Å². The van der Waals surface area contributed by atoms with Gasteiger partial charge in [0.1, 0.15) is 5.76 Å². The lowest BCUT2D eigenvalue weighted by atomic mass is 9.95. The van der Waals surface area contributed by atoms with Gasteiger partial charge in [-0.3, -0.25) is 0 Å². The minimum absolute atomic E-state index is 0.682. The van der Waals surface area contributed by atoms with E-state index in [1.165, 1.54) is 16.7 Å². The highest BCUT2D eigenvalue weighted by Gasteiger charge is 2.12. The van der Waals surface area contributed by atoms with Gasteiger partial charge in [0.05, 0.1) is 0 Å². The summed E-state index contributed by atoms with van der Waals surface area (Å²) < 4.78 is 5.91. The fourth-order valence-corrected chi connectivity index (χ4v) is 2.84. The van der Waals surface area contributed by atoms with E-state index in [1.807, 2.05) is 18.2 Å². The predicted molar refractivity (Wildman–Crippen MR) is 89.6 cm³/mol. The summed E-state index contributed by atoms with van der Waals surface area (Å²) in [4.78, 5) is 4.27. The normalized spacial score (nSPS) is 11.0. The highest BCUT2D eigenvalue weighted by atomic mass is 16.3. The molecule has 22 heavy (non-hydrogen) atoms. The number of hydrogen-bond donors (Lipinski definition) is 0. The van der Waals surface area contributed by atoms with E-state index in [2.05, 4.69) is 60.4 Å². The summed E-state index contributed by atoms with van der Waals surface area (Å²) in [6.45, 7) is 2.14. The molecule has 0 radical (unpaired) electrons. The second-order valence-corrected chi connectivity index (χ2v) is 5.35. The third-order valence-corrected chi connectivity index (χ3v) is 3.98. The molecule has 4 rings (SSSR count). The third kappa shape index (κ3) is 2.09. The quantitative estimate of drug-likeness (QED) is 0.488. The summed E-state index contributed by atoms with van der Waals surface area (Å²) in [5.74, 6) is 0.865. The fraction of sp³-hybridized carbons (Fsp3) is 0.0500. The van der Waals surface area contributed by atoms with E-state index in [9.17, 15) is 0 Å². The van der Waals surface area contributed by atoms with Gasteiger partial charge in [-0.1, -0.05) is 48.5 Å². The second-order valence-electron chi connectivity index (χ2n) is 5.35. The van der Waals surface area contributed by atoms with Crippen LogP contribution in [-0.2, 0) is 0 Å². The van der Waals surface area contributed by atoms with Crippen LogP contribution in [0.5, 0.6) is 0 Å². The van der Waals surface area contributed by atoms with Gasteiger partial charge in [-0.05, 0) is 41.8 Å². The molecule has 0 N–H and O–H groups in total. The van der Waals surface area contributed by atoms with Gasteiger partial charge in [-0.15, -0.1) is 0 Å². The monoisotopic (exact) mass is 285 g/mol. The van der Waals surface area contributed by atoms with Crippen LogP contribution in [0.1, 0.15) is 5.56 Å². The summed E-state index contributed by atoms with van der Waals surface area (Å²) in [6, 6.07) is 22.7. The van der Waals surface area contributed by atoms with Crippen molar-refractivity contribution in [1.82, 2.24) is 4.98 Å². The van der Waals surface area contributed by atoms with E-state index in [1.54, 1.807) is 6.20 Å². The van der Waals surface area contributed by atoms with Gasteiger partial charge in [0.25, 0.3) is 0 Å². The average Bonchev–Trinajstić information content (AvgIpc) is 2.99. The maximum absolute atomic E-state index is 5.91. The van der Waals surface area contributed by atoms with Crippen molar-refractivity contribution in [3.63, 3.8) is 0 Å². The van der Waals surface area contributed by atoms with Crippen molar-refractivity contribution >= 4 is 11.1 Å². The van der Waals surface area contributed by atoms with Crippen molar-refractivity contribution in [2.75, 3.05) is 0 Å². The lowest BCUT2D eigenvalue weighted by molar-refractivity contribution is 0.618. The van der Waals surface area contributed by atoms with Crippen molar-refractivity contribution in [2.45, 2.75) is 6.92 Å². The van der Waals surface area contributed by atoms with Gasteiger partial charge in [0, 0.05) is 17.1 Å². The lowest BCUT2D eigenvalue weighted by Crippen LogP contribution is -1.87. The minimum Gasteiger partial charge on any atom is -0.438 e. The first-order valence-electron chi connectivity index (χ1n) is 7.33. The molecule has 4 aromatic rings. The van der Waals surface area contributed by atoms with Crippen LogP contribution in [0.3, 0.4) is 0 Å². The number of hydrogen-bond acceptors (Lipinski definition) is 2. The van der Waals surface area contributed by atoms with E-state index in [4.69, 9.17) is 4.42 Å².